The van der Waals surface area contributed by atoms with Crippen LogP contribution in [-0.2, 0) is 0 Å². The number of hydrogen-bond donors (Lipinski definition) is 2. The van der Waals surface area contributed by atoms with Crippen molar-refractivity contribution < 1.29 is 13.6 Å². The molecule has 3 N–H and O–H groups in total. The Balaban J connectivity index is 2.22. The van der Waals surface area contributed by atoms with Crippen molar-refractivity contribution in [3.8, 4) is 0 Å². The Morgan fingerprint density at radius 2 is 2.05 bits per heavy atom. The third kappa shape index (κ3) is 2.76. The molecule has 104 valence electrons. The van der Waals surface area contributed by atoms with Gasteiger partial charge in [0.15, 0.2) is 0 Å². The molecule has 0 aromatic heterocycles. The molecule has 1 amide bonds. The van der Waals surface area contributed by atoms with Crippen molar-refractivity contribution in [3.63, 3.8) is 0 Å². The summed E-state index contributed by atoms with van der Waals surface area (Å²) in [5, 5.41) is 2.78. The summed E-state index contributed by atoms with van der Waals surface area (Å²) in [6.45, 7) is 3.65. The van der Waals surface area contributed by atoms with Crippen molar-refractivity contribution in [2.75, 3.05) is 6.54 Å². The summed E-state index contributed by atoms with van der Waals surface area (Å²) in [6.07, 6.45) is 2.03. The number of nitrogens with one attached hydrogen (secondary N) is 1. The van der Waals surface area contributed by atoms with E-state index in [9.17, 15) is 13.6 Å². The molecule has 19 heavy (non-hydrogen) atoms. The highest BCUT2D eigenvalue weighted by Gasteiger charge is 2.41. The maximum Gasteiger partial charge on any atom is 0.254 e. The van der Waals surface area contributed by atoms with Crippen molar-refractivity contribution >= 4 is 5.91 Å². The minimum Gasteiger partial charge on any atom is -0.345 e. The predicted molar refractivity (Wildman–Crippen MR) is 68.7 cm³/mol. The molecule has 0 radical (unpaired) electrons. The molecule has 5 heteroatoms. The van der Waals surface area contributed by atoms with Gasteiger partial charge < -0.3 is 11.1 Å². The highest BCUT2D eigenvalue weighted by molar-refractivity contribution is 5.95. The SMILES string of the molecule is Cc1cc(C(=O)NC(C)(CN)C2CC2)c(F)cc1F. The monoisotopic (exact) mass is 268 g/mol. The Hall–Kier alpha value is -1.49. The van der Waals surface area contributed by atoms with Gasteiger partial charge in [-0.1, -0.05) is 0 Å². The number of benzene rings is 1. The van der Waals surface area contributed by atoms with Crippen LogP contribution >= 0.6 is 0 Å². The van der Waals surface area contributed by atoms with Gasteiger partial charge in [-0.15, -0.1) is 0 Å². The maximum absolute atomic E-state index is 13.6. The average Bonchev–Trinajstić information content (AvgIpc) is 3.17. The van der Waals surface area contributed by atoms with Crippen LogP contribution in [0.2, 0.25) is 0 Å². The molecular formula is C14H18F2N2O. The summed E-state index contributed by atoms with van der Waals surface area (Å²) in [5.41, 5.74) is 5.28. The lowest BCUT2D eigenvalue weighted by atomic mass is 9.95. The van der Waals surface area contributed by atoms with E-state index in [0.717, 1.165) is 18.9 Å². The van der Waals surface area contributed by atoms with E-state index in [-0.39, 0.29) is 11.1 Å². The third-order valence-corrected chi connectivity index (χ3v) is 3.79. The fourth-order valence-electron chi connectivity index (χ4n) is 2.20. The van der Waals surface area contributed by atoms with Gasteiger partial charge in [0.25, 0.3) is 5.91 Å². The van der Waals surface area contributed by atoms with Crippen molar-refractivity contribution in [2.45, 2.75) is 32.2 Å². The normalized spacial score (nSPS) is 17.9. The van der Waals surface area contributed by atoms with E-state index in [1.165, 1.54) is 13.0 Å². The molecule has 1 saturated carbocycles. The summed E-state index contributed by atoms with van der Waals surface area (Å²) in [7, 11) is 0. The first-order valence-electron chi connectivity index (χ1n) is 6.35. The van der Waals surface area contributed by atoms with Crippen molar-refractivity contribution in [1.82, 2.24) is 5.32 Å². The molecule has 0 aliphatic heterocycles. The zero-order valence-electron chi connectivity index (χ0n) is 11.1. The van der Waals surface area contributed by atoms with Gasteiger partial charge in [0, 0.05) is 12.6 Å². The molecule has 0 bridgehead atoms. The first-order valence-corrected chi connectivity index (χ1v) is 6.35. The molecular weight excluding hydrogens is 250 g/mol. The molecule has 1 aliphatic carbocycles. The highest BCUT2D eigenvalue weighted by atomic mass is 19.1. The Bertz CT molecular complexity index is 514. The topological polar surface area (TPSA) is 55.1 Å². The van der Waals surface area contributed by atoms with Gasteiger partial charge in [-0.05, 0) is 44.2 Å². The first-order chi connectivity index (χ1) is 8.87. The second kappa shape index (κ2) is 4.89. The molecule has 1 unspecified atom stereocenters. The fraction of sp³-hybridized carbons (Fsp3) is 0.500. The van der Waals surface area contributed by atoms with Crippen molar-refractivity contribution in [2.24, 2.45) is 11.7 Å². The van der Waals surface area contributed by atoms with Crippen LogP contribution in [0, 0.1) is 24.5 Å². The molecule has 1 aromatic rings. The standard InChI is InChI=1S/C14H18F2N2O/c1-8-5-10(12(16)6-11(8)15)13(19)18-14(2,7-17)9-3-4-9/h5-6,9H,3-4,7,17H2,1-2H3,(H,18,19). The van der Waals surface area contributed by atoms with E-state index in [4.69, 9.17) is 5.73 Å². The summed E-state index contributed by atoms with van der Waals surface area (Å²) in [6, 6.07) is 1.96. The average molecular weight is 268 g/mol. The number of rotatable bonds is 4. The summed E-state index contributed by atoms with van der Waals surface area (Å²) in [5.74, 6) is -1.71. The zero-order chi connectivity index (χ0) is 14.2. The van der Waals surface area contributed by atoms with Crippen LogP contribution in [-0.4, -0.2) is 18.0 Å². The molecule has 3 nitrogen and oxygen atoms in total. The lowest BCUT2D eigenvalue weighted by molar-refractivity contribution is 0.0893. The van der Waals surface area contributed by atoms with E-state index >= 15 is 0 Å². The molecule has 1 aromatic carbocycles. The summed E-state index contributed by atoms with van der Waals surface area (Å²) >= 11 is 0. The van der Waals surface area contributed by atoms with Gasteiger partial charge in [0.1, 0.15) is 11.6 Å². The molecule has 0 saturated heterocycles. The third-order valence-electron chi connectivity index (χ3n) is 3.79. The van der Waals surface area contributed by atoms with Gasteiger partial charge in [0.05, 0.1) is 11.1 Å². The molecule has 1 fully saturated rings. The number of halogens is 2. The van der Waals surface area contributed by atoms with Crippen LogP contribution in [0.4, 0.5) is 8.78 Å². The van der Waals surface area contributed by atoms with Gasteiger partial charge in [-0.3, -0.25) is 4.79 Å². The quantitative estimate of drug-likeness (QED) is 0.879. The second-order valence-electron chi connectivity index (χ2n) is 5.43. The number of carbonyl (C=O) groups excluding carboxylic acids is 1. The summed E-state index contributed by atoms with van der Waals surface area (Å²) < 4.78 is 26.8. The fourth-order valence-corrected chi connectivity index (χ4v) is 2.20. The number of carbonyl (C=O) groups is 1. The first kappa shape index (κ1) is 13.9. The molecule has 1 aliphatic rings. The number of aryl methyl sites for hydroxylation is 1. The predicted octanol–water partition coefficient (Wildman–Crippen LogP) is 2.13. The Kier molecular flexibility index (Phi) is 3.58. The summed E-state index contributed by atoms with van der Waals surface area (Å²) in [4.78, 5) is 12.1. The molecule has 0 heterocycles. The largest absolute Gasteiger partial charge is 0.345 e. The Morgan fingerprint density at radius 3 is 2.58 bits per heavy atom. The van der Waals surface area contributed by atoms with E-state index in [1.54, 1.807) is 0 Å². The van der Waals surface area contributed by atoms with Gasteiger partial charge in [0.2, 0.25) is 0 Å². The smallest absolute Gasteiger partial charge is 0.254 e. The molecule has 0 spiro atoms. The number of nitrogens with two attached hydrogens (primary N) is 1. The Labute approximate surface area is 111 Å². The van der Waals surface area contributed by atoms with Gasteiger partial charge in [-0.25, -0.2) is 8.78 Å². The Morgan fingerprint density at radius 1 is 1.42 bits per heavy atom. The zero-order valence-corrected chi connectivity index (χ0v) is 11.1. The van der Waals surface area contributed by atoms with E-state index in [0.29, 0.717) is 12.5 Å². The number of hydrogen-bond acceptors (Lipinski definition) is 2. The van der Waals surface area contributed by atoms with Crippen molar-refractivity contribution in [1.29, 1.82) is 0 Å². The molecule has 1 atom stereocenters. The van der Waals surface area contributed by atoms with Crippen LogP contribution in [0.15, 0.2) is 12.1 Å². The van der Waals surface area contributed by atoms with Crippen LogP contribution in [0.25, 0.3) is 0 Å². The van der Waals surface area contributed by atoms with Crippen LogP contribution < -0.4 is 11.1 Å². The highest BCUT2D eigenvalue weighted by Crippen LogP contribution is 2.39. The van der Waals surface area contributed by atoms with Gasteiger partial charge in [-0.2, -0.15) is 0 Å². The minimum absolute atomic E-state index is 0.140. The lowest BCUT2D eigenvalue weighted by Crippen LogP contribution is -2.53. The van der Waals surface area contributed by atoms with E-state index < -0.39 is 23.1 Å². The van der Waals surface area contributed by atoms with Crippen LogP contribution in [0.5, 0.6) is 0 Å². The second-order valence-corrected chi connectivity index (χ2v) is 5.43. The van der Waals surface area contributed by atoms with Gasteiger partial charge >= 0.3 is 0 Å². The number of amides is 1. The maximum atomic E-state index is 13.6. The van der Waals surface area contributed by atoms with E-state index in [1.807, 2.05) is 6.92 Å². The molecule has 2 rings (SSSR count). The van der Waals surface area contributed by atoms with Crippen LogP contribution in [0.3, 0.4) is 0 Å². The minimum atomic E-state index is -0.851. The van der Waals surface area contributed by atoms with Crippen LogP contribution in [0.1, 0.15) is 35.7 Å². The lowest BCUT2D eigenvalue weighted by Gasteiger charge is -2.29. The van der Waals surface area contributed by atoms with Crippen molar-refractivity contribution in [3.05, 3.63) is 34.9 Å². The van der Waals surface area contributed by atoms with E-state index in [2.05, 4.69) is 5.32 Å².